The fraction of sp³-hybridized carbons (Fsp3) is 0.375. The van der Waals surface area contributed by atoms with E-state index in [2.05, 4.69) is 13.2 Å². The lowest BCUT2D eigenvalue weighted by Gasteiger charge is -2.20. The Morgan fingerprint density at radius 1 is 0.889 bits per heavy atom. The second-order valence-electron chi connectivity index (χ2n) is 4.34. The first-order valence-corrected chi connectivity index (χ1v) is 6.28. The summed E-state index contributed by atoms with van der Waals surface area (Å²) in [4.78, 5) is 0. The molecule has 0 amide bonds. The number of anilines is 1. The van der Waals surface area contributed by atoms with Gasteiger partial charge in [0.2, 0.25) is 0 Å². The fourth-order valence-corrected chi connectivity index (χ4v) is 2.36. The van der Waals surface area contributed by atoms with Gasteiger partial charge in [-0.3, -0.25) is 0 Å². The van der Waals surface area contributed by atoms with Gasteiger partial charge in [0.05, 0.1) is 0 Å². The highest BCUT2D eigenvalue weighted by Gasteiger charge is 2.16. The minimum atomic E-state index is 0.559. The predicted octanol–water partition coefficient (Wildman–Crippen LogP) is 4.18. The molecule has 0 aliphatic carbocycles. The molecule has 0 spiro atoms. The Kier molecular flexibility index (Phi) is 5.70. The highest BCUT2D eigenvalue weighted by molar-refractivity contribution is 5.82. The number of hydrogen-bond donors (Lipinski definition) is 2. The van der Waals surface area contributed by atoms with Crippen LogP contribution in [0.4, 0.5) is 5.69 Å². The largest absolute Gasteiger partial charge is 0.399 e. The van der Waals surface area contributed by atoms with Gasteiger partial charge in [0, 0.05) is 16.9 Å². The lowest BCUT2D eigenvalue weighted by Crippen LogP contribution is -2.08. The normalized spacial score (nSPS) is 9.44. The second-order valence-corrected chi connectivity index (χ2v) is 4.34. The molecule has 0 unspecified atom stereocenters. The minimum absolute atomic E-state index is 0.559. The third-order valence-corrected chi connectivity index (χ3v) is 3.06. The molecule has 1 rings (SSSR count). The highest BCUT2D eigenvalue weighted by atomic mass is 14.6. The Morgan fingerprint density at radius 2 is 1.28 bits per heavy atom. The van der Waals surface area contributed by atoms with Gasteiger partial charge in [-0.25, -0.2) is 0 Å². The Balaban J connectivity index is 0.00000137. The maximum atomic E-state index is 6.09. The molecular weight excluding hydrogens is 220 g/mol. The summed E-state index contributed by atoms with van der Waals surface area (Å²) in [6, 6.07) is 0. The minimum Gasteiger partial charge on any atom is -0.399 e. The molecule has 1 aromatic carbocycles. The molecule has 0 radical (unpaired) electrons. The smallest absolute Gasteiger partial charge is 0.0386 e. The topological polar surface area (TPSA) is 52.0 Å². The zero-order valence-electron chi connectivity index (χ0n) is 12.6. The molecule has 0 saturated carbocycles. The first-order chi connectivity index (χ1) is 8.29. The molecule has 0 bridgehead atoms. The summed E-state index contributed by atoms with van der Waals surface area (Å²) < 4.78 is 0. The summed E-state index contributed by atoms with van der Waals surface area (Å²) >= 11 is 0. The van der Waals surface area contributed by atoms with Crippen molar-refractivity contribution in [2.75, 3.05) is 5.73 Å². The Bertz CT molecular complexity index is 441. The van der Waals surface area contributed by atoms with E-state index in [0.29, 0.717) is 5.70 Å². The molecular formula is C16H26N2. The number of allylic oxidation sites excluding steroid dienone is 1. The molecule has 0 atom stereocenters. The van der Waals surface area contributed by atoms with Gasteiger partial charge in [0.15, 0.2) is 0 Å². The van der Waals surface area contributed by atoms with E-state index in [1.54, 1.807) is 0 Å². The van der Waals surface area contributed by atoms with Gasteiger partial charge in [-0.05, 0) is 49.9 Å². The molecule has 2 heteroatoms. The Hall–Kier alpha value is -1.70. The van der Waals surface area contributed by atoms with Crippen molar-refractivity contribution in [1.29, 1.82) is 0 Å². The molecule has 0 fully saturated rings. The average molecular weight is 246 g/mol. The summed E-state index contributed by atoms with van der Waals surface area (Å²) in [7, 11) is 0. The Labute approximate surface area is 111 Å². The zero-order valence-corrected chi connectivity index (χ0v) is 12.6. The van der Waals surface area contributed by atoms with Gasteiger partial charge >= 0.3 is 0 Å². The highest BCUT2D eigenvalue weighted by Crippen LogP contribution is 2.34. The molecule has 0 aromatic heterocycles. The van der Waals surface area contributed by atoms with Crippen molar-refractivity contribution >= 4 is 17.0 Å². The second kappa shape index (κ2) is 6.29. The number of nitrogen functional groups attached to an aromatic ring is 1. The van der Waals surface area contributed by atoms with Gasteiger partial charge in [0.25, 0.3) is 0 Å². The van der Waals surface area contributed by atoms with Gasteiger partial charge in [-0.2, -0.15) is 0 Å². The summed E-state index contributed by atoms with van der Waals surface area (Å²) in [5.41, 5.74) is 19.5. The van der Waals surface area contributed by atoms with Crippen LogP contribution in [0.1, 0.15) is 48.6 Å². The van der Waals surface area contributed by atoms with Crippen molar-refractivity contribution in [2.24, 2.45) is 5.73 Å². The first-order valence-electron chi connectivity index (χ1n) is 6.28. The van der Waals surface area contributed by atoms with Crippen LogP contribution in [0.2, 0.25) is 0 Å². The van der Waals surface area contributed by atoms with Crippen LogP contribution in [0, 0.1) is 20.8 Å². The van der Waals surface area contributed by atoms with Gasteiger partial charge < -0.3 is 11.5 Å². The lowest BCUT2D eigenvalue weighted by atomic mass is 9.87. The predicted molar refractivity (Wildman–Crippen MR) is 84.3 cm³/mol. The summed E-state index contributed by atoms with van der Waals surface area (Å²) in [5, 5.41) is 0. The van der Waals surface area contributed by atoms with E-state index in [1.165, 1.54) is 0 Å². The number of nitrogens with two attached hydrogens (primary N) is 2. The van der Waals surface area contributed by atoms with Crippen LogP contribution in [0.5, 0.6) is 0 Å². The van der Waals surface area contributed by atoms with Gasteiger partial charge in [-0.15, -0.1) is 0 Å². The van der Waals surface area contributed by atoms with Gasteiger partial charge in [0.1, 0.15) is 0 Å². The standard InChI is InChI=1S/C14H20N2.C2H6/c1-7(2)12-8(3)13(11(6)15)10(5)14(16)9(12)4;1-2/h1,6,15-16H2,2-5H3;1-2H3. The molecule has 1 aromatic rings. The summed E-state index contributed by atoms with van der Waals surface area (Å²) in [6.07, 6.45) is 0. The first kappa shape index (κ1) is 16.3. The molecule has 2 nitrogen and oxygen atoms in total. The quantitative estimate of drug-likeness (QED) is 0.769. The van der Waals surface area contributed by atoms with Crippen LogP contribution in [0.25, 0.3) is 11.3 Å². The van der Waals surface area contributed by atoms with Crippen molar-refractivity contribution in [1.82, 2.24) is 0 Å². The van der Waals surface area contributed by atoms with E-state index in [-0.39, 0.29) is 0 Å². The number of benzene rings is 1. The van der Waals surface area contributed by atoms with E-state index in [9.17, 15) is 0 Å². The molecule has 0 aliphatic heterocycles. The van der Waals surface area contributed by atoms with Crippen LogP contribution in [0.3, 0.4) is 0 Å². The molecule has 0 heterocycles. The van der Waals surface area contributed by atoms with Crippen molar-refractivity contribution in [2.45, 2.75) is 41.5 Å². The van der Waals surface area contributed by atoms with Crippen LogP contribution in [-0.4, -0.2) is 0 Å². The van der Waals surface area contributed by atoms with E-state index in [0.717, 1.165) is 39.1 Å². The molecule has 4 N–H and O–H groups in total. The van der Waals surface area contributed by atoms with Crippen molar-refractivity contribution < 1.29 is 0 Å². The summed E-state index contributed by atoms with van der Waals surface area (Å²) in [6.45, 7) is 19.8. The molecule has 18 heavy (non-hydrogen) atoms. The number of hydrogen-bond acceptors (Lipinski definition) is 2. The van der Waals surface area contributed by atoms with Crippen LogP contribution >= 0.6 is 0 Å². The maximum absolute atomic E-state index is 6.09. The SMILES string of the molecule is C=C(C)c1c(C)c(N)c(C)c(C(=C)N)c1C.CC. The maximum Gasteiger partial charge on any atom is 0.0386 e. The van der Waals surface area contributed by atoms with E-state index in [4.69, 9.17) is 11.5 Å². The van der Waals surface area contributed by atoms with Crippen LogP contribution in [0.15, 0.2) is 13.2 Å². The third-order valence-electron chi connectivity index (χ3n) is 3.06. The molecule has 0 aliphatic rings. The fourth-order valence-electron chi connectivity index (χ4n) is 2.36. The third kappa shape index (κ3) is 2.76. The van der Waals surface area contributed by atoms with Crippen molar-refractivity contribution in [3.05, 3.63) is 41.0 Å². The van der Waals surface area contributed by atoms with Crippen LogP contribution in [-0.2, 0) is 0 Å². The summed E-state index contributed by atoms with van der Waals surface area (Å²) in [5.74, 6) is 0. The number of rotatable bonds is 2. The Morgan fingerprint density at radius 3 is 1.61 bits per heavy atom. The average Bonchev–Trinajstić information content (AvgIpc) is 2.28. The van der Waals surface area contributed by atoms with E-state index >= 15 is 0 Å². The van der Waals surface area contributed by atoms with Gasteiger partial charge in [-0.1, -0.05) is 32.6 Å². The molecule has 0 saturated heterocycles. The van der Waals surface area contributed by atoms with E-state index < -0.39 is 0 Å². The lowest BCUT2D eigenvalue weighted by molar-refractivity contribution is 1.25. The van der Waals surface area contributed by atoms with E-state index in [1.807, 2.05) is 41.5 Å². The monoisotopic (exact) mass is 246 g/mol. The molecule has 100 valence electrons. The van der Waals surface area contributed by atoms with Crippen molar-refractivity contribution in [3.8, 4) is 0 Å². The zero-order chi connectivity index (χ0) is 14.6. The van der Waals surface area contributed by atoms with Crippen LogP contribution < -0.4 is 11.5 Å². The van der Waals surface area contributed by atoms with Crippen molar-refractivity contribution in [3.63, 3.8) is 0 Å².